The van der Waals surface area contributed by atoms with Crippen LogP contribution in [0.3, 0.4) is 0 Å². The van der Waals surface area contributed by atoms with Crippen LogP contribution in [0.25, 0.3) is 10.7 Å². The fraction of sp³-hybridized carbons (Fsp3) is 0.158. The van der Waals surface area contributed by atoms with Crippen LogP contribution in [0, 0.1) is 12.7 Å². The highest BCUT2D eigenvalue weighted by molar-refractivity contribution is 7.17. The number of esters is 1. The molecule has 0 spiro atoms. The first kappa shape index (κ1) is 18.7. The van der Waals surface area contributed by atoms with Crippen LogP contribution in [0.1, 0.15) is 22.3 Å². The first-order chi connectivity index (χ1) is 12.9. The van der Waals surface area contributed by atoms with Crippen LogP contribution in [0.4, 0.5) is 10.1 Å². The van der Waals surface area contributed by atoms with E-state index in [-0.39, 0.29) is 0 Å². The molecule has 1 aromatic carbocycles. The minimum absolute atomic E-state index is 0.317. The van der Waals surface area contributed by atoms with Gasteiger partial charge in [-0.1, -0.05) is 6.07 Å². The molecule has 0 aliphatic carbocycles. The number of amides is 1. The van der Waals surface area contributed by atoms with Crippen molar-refractivity contribution in [3.63, 3.8) is 0 Å². The zero-order chi connectivity index (χ0) is 19.4. The van der Waals surface area contributed by atoms with E-state index in [0.29, 0.717) is 27.0 Å². The summed E-state index contributed by atoms with van der Waals surface area (Å²) in [6.45, 7) is 3.16. The lowest BCUT2D eigenvalue weighted by atomic mass is 10.3. The SMILES string of the molecule is Cc1nc(-c2ccccn2)sc1C(=O)O[C@@H](C)C(=O)Nc1ccc(F)cc1. The van der Waals surface area contributed by atoms with Crippen molar-refractivity contribution in [2.75, 3.05) is 5.32 Å². The van der Waals surface area contributed by atoms with E-state index in [1.165, 1.54) is 31.2 Å². The molecular weight excluding hydrogens is 369 g/mol. The number of thiazole rings is 1. The summed E-state index contributed by atoms with van der Waals surface area (Å²) in [5.41, 5.74) is 1.58. The van der Waals surface area contributed by atoms with E-state index in [1.807, 2.05) is 6.07 Å². The molecule has 1 amide bonds. The van der Waals surface area contributed by atoms with Gasteiger partial charge >= 0.3 is 5.97 Å². The summed E-state index contributed by atoms with van der Waals surface area (Å²) in [5, 5.41) is 3.17. The number of carbonyl (C=O) groups excluding carboxylic acids is 2. The van der Waals surface area contributed by atoms with Gasteiger partial charge in [-0.05, 0) is 50.2 Å². The third-order valence-corrected chi connectivity index (χ3v) is 4.79. The molecule has 0 radical (unpaired) electrons. The number of hydrogen-bond donors (Lipinski definition) is 1. The van der Waals surface area contributed by atoms with Crippen LogP contribution in [0.2, 0.25) is 0 Å². The van der Waals surface area contributed by atoms with Crippen molar-refractivity contribution in [2.45, 2.75) is 20.0 Å². The van der Waals surface area contributed by atoms with Gasteiger partial charge in [-0.15, -0.1) is 11.3 Å². The molecule has 3 aromatic rings. The fourth-order valence-corrected chi connectivity index (χ4v) is 3.16. The third-order valence-electron chi connectivity index (χ3n) is 3.63. The van der Waals surface area contributed by atoms with Crippen molar-refractivity contribution in [1.82, 2.24) is 9.97 Å². The number of hydrogen-bond acceptors (Lipinski definition) is 6. The predicted octanol–water partition coefficient (Wildman–Crippen LogP) is 3.84. The average molecular weight is 385 g/mol. The van der Waals surface area contributed by atoms with Gasteiger partial charge in [0.05, 0.1) is 11.4 Å². The number of ether oxygens (including phenoxy) is 1. The highest BCUT2D eigenvalue weighted by Crippen LogP contribution is 2.27. The molecule has 0 aliphatic heterocycles. The number of pyridine rings is 1. The Morgan fingerprint density at radius 1 is 1.19 bits per heavy atom. The number of aryl methyl sites for hydroxylation is 1. The van der Waals surface area contributed by atoms with Gasteiger partial charge in [-0.3, -0.25) is 9.78 Å². The van der Waals surface area contributed by atoms with Crippen LogP contribution < -0.4 is 5.32 Å². The molecule has 0 fully saturated rings. The van der Waals surface area contributed by atoms with Crippen molar-refractivity contribution in [3.05, 3.63) is 65.0 Å². The summed E-state index contributed by atoms with van der Waals surface area (Å²) in [7, 11) is 0. The van der Waals surface area contributed by atoms with Gasteiger partial charge in [-0.2, -0.15) is 0 Å². The molecule has 0 saturated heterocycles. The van der Waals surface area contributed by atoms with E-state index in [4.69, 9.17) is 4.74 Å². The lowest BCUT2D eigenvalue weighted by Gasteiger charge is -2.13. The highest BCUT2D eigenvalue weighted by atomic mass is 32.1. The van der Waals surface area contributed by atoms with Crippen LogP contribution in [-0.4, -0.2) is 27.9 Å². The Kier molecular flexibility index (Phi) is 5.56. The summed E-state index contributed by atoms with van der Waals surface area (Å²) in [4.78, 5) is 33.5. The fourth-order valence-electron chi connectivity index (χ4n) is 2.23. The van der Waals surface area contributed by atoms with E-state index < -0.39 is 23.8 Å². The van der Waals surface area contributed by atoms with E-state index in [9.17, 15) is 14.0 Å². The summed E-state index contributed by atoms with van der Waals surface area (Å²) < 4.78 is 18.2. The molecule has 1 N–H and O–H groups in total. The first-order valence-electron chi connectivity index (χ1n) is 8.10. The van der Waals surface area contributed by atoms with Gasteiger partial charge in [0.1, 0.15) is 15.7 Å². The van der Waals surface area contributed by atoms with E-state index in [1.54, 1.807) is 25.3 Å². The number of rotatable bonds is 5. The average Bonchev–Trinajstić information content (AvgIpc) is 3.06. The summed E-state index contributed by atoms with van der Waals surface area (Å²) in [5.74, 6) is -1.55. The Labute approximate surface area is 159 Å². The lowest BCUT2D eigenvalue weighted by Crippen LogP contribution is -2.29. The zero-order valence-corrected chi connectivity index (χ0v) is 15.4. The molecule has 0 aliphatic rings. The molecule has 0 bridgehead atoms. The molecule has 2 aromatic heterocycles. The summed E-state index contributed by atoms with van der Waals surface area (Å²) in [6, 6.07) is 10.7. The molecule has 0 saturated carbocycles. The standard InChI is InChI=1S/C19H16FN3O3S/c1-11-16(27-18(22-11)15-5-3-4-10-21-15)19(25)26-12(2)17(24)23-14-8-6-13(20)7-9-14/h3-10,12H,1-2H3,(H,23,24)/t12-/m0/s1. The van der Waals surface area contributed by atoms with E-state index in [0.717, 1.165) is 11.3 Å². The maximum atomic E-state index is 12.9. The smallest absolute Gasteiger partial charge is 0.351 e. The van der Waals surface area contributed by atoms with Crippen molar-refractivity contribution >= 4 is 28.9 Å². The van der Waals surface area contributed by atoms with Crippen molar-refractivity contribution in [3.8, 4) is 10.7 Å². The summed E-state index contributed by atoms with van der Waals surface area (Å²) >= 11 is 1.16. The number of anilines is 1. The minimum Gasteiger partial charge on any atom is -0.448 e. The highest BCUT2D eigenvalue weighted by Gasteiger charge is 2.23. The Balaban J connectivity index is 1.67. The molecule has 27 heavy (non-hydrogen) atoms. The maximum absolute atomic E-state index is 12.9. The Morgan fingerprint density at radius 3 is 2.59 bits per heavy atom. The number of aromatic nitrogens is 2. The largest absolute Gasteiger partial charge is 0.448 e. The van der Waals surface area contributed by atoms with Crippen molar-refractivity contribution in [1.29, 1.82) is 0 Å². The van der Waals surface area contributed by atoms with Gasteiger partial charge in [0.15, 0.2) is 6.10 Å². The van der Waals surface area contributed by atoms with Gasteiger partial charge in [0.25, 0.3) is 5.91 Å². The Morgan fingerprint density at radius 2 is 1.93 bits per heavy atom. The molecule has 6 nitrogen and oxygen atoms in total. The number of halogens is 1. The summed E-state index contributed by atoms with van der Waals surface area (Å²) in [6.07, 6.45) is 0.619. The van der Waals surface area contributed by atoms with Gasteiger partial charge in [0, 0.05) is 11.9 Å². The Bertz CT molecular complexity index is 958. The number of benzene rings is 1. The quantitative estimate of drug-likeness (QED) is 0.675. The molecule has 138 valence electrons. The topological polar surface area (TPSA) is 81.2 Å². The van der Waals surface area contributed by atoms with Crippen molar-refractivity contribution < 1.29 is 18.7 Å². The predicted molar refractivity (Wildman–Crippen MR) is 100.0 cm³/mol. The maximum Gasteiger partial charge on any atom is 0.351 e. The van der Waals surface area contributed by atoms with Gasteiger partial charge in [0.2, 0.25) is 0 Å². The normalized spacial score (nSPS) is 11.7. The van der Waals surface area contributed by atoms with Crippen LogP contribution >= 0.6 is 11.3 Å². The molecular formula is C19H16FN3O3S. The third kappa shape index (κ3) is 4.53. The second-order valence-electron chi connectivity index (χ2n) is 5.69. The van der Waals surface area contributed by atoms with Gasteiger partial charge < -0.3 is 10.1 Å². The minimum atomic E-state index is -1.03. The molecule has 2 heterocycles. The molecule has 8 heteroatoms. The second-order valence-corrected chi connectivity index (χ2v) is 6.69. The first-order valence-corrected chi connectivity index (χ1v) is 8.92. The number of carbonyl (C=O) groups is 2. The van der Waals surface area contributed by atoms with Crippen LogP contribution in [-0.2, 0) is 9.53 Å². The molecule has 3 rings (SSSR count). The monoisotopic (exact) mass is 385 g/mol. The molecule has 1 atom stereocenters. The second kappa shape index (κ2) is 8.05. The zero-order valence-electron chi connectivity index (χ0n) is 14.6. The van der Waals surface area contributed by atoms with E-state index in [2.05, 4.69) is 15.3 Å². The van der Waals surface area contributed by atoms with Gasteiger partial charge in [-0.25, -0.2) is 14.2 Å². The van der Waals surface area contributed by atoms with Crippen LogP contribution in [0.15, 0.2) is 48.7 Å². The van der Waals surface area contributed by atoms with Crippen molar-refractivity contribution in [2.24, 2.45) is 0 Å². The number of nitrogens with zero attached hydrogens (tertiary/aromatic N) is 2. The van der Waals surface area contributed by atoms with Crippen LogP contribution in [0.5, 0.6) is 0 Å². The Hall–Kier alpha value is -3.13. The molecule has 0 unspecified atom stereocenters. The lowest BCUT2D eigenvalue weighted by molar-refractivity contribution is -0.123. The number of nitrogens with one attached hydrogen (secondary N) is 1. The van der Waals surface area contributed by atoms with E-state index >= 15 is 0 Å².